The molecule has 1 aliphatic carbocycles. The molecule has 1 rings (SSSR count). The Morgan fingerprint density at radius 3 is 2.27 bits per heavy atom. The molecule has 15 heavy (non-hydrogen) atoms. The zero-order valence-corrected chi connectivity index (χ0v) is 10.5. The van der Waals surface area contributed by atoms with E-state index in [0.29, 0.717) is 11.7 Å². The summed E-state index contributed by atoms with van der Waals surface area (Å²) < 4.78 is 5.65. The Labute approximate surface area is 93.4 Å². The molecule has 0 aliphatic heterocycles. The molecule has 2 nitrogen and oxygen atoms in total. The van der Waals surface area contributed by atoms with Crippen molar-refractivity contribution >= 4 is 5.78 Å². The fourth-order valence-electron chi connectivity index (χ4n) is 1.63. The molecule has 0 unspecified atom stereocenters. The van der Waals surface area contributed by atoms with Gasteiger partial charge < -0.3 is 4.74 Å². The standard InChI is InChI=1S/C13H24O2/c1-10(2)8-15-9-13(5-6-13)7-12(14)11(3)4/h10-11H,5-9H2,1-4H3. The van der Waals surface area contributed by atoms with Gasteiger partial charge in [0, 0.05) is 24.4 Å². The van der Waals surface area contributed by atoms with Gasteiger partial charge in [-0.2, -0.15) is 0 Å². The number of hydrogen-bond acceptors (Lipinski definition) is 2. The third-order valence-corrected chi connectivity index (χ3v) is 3.01. The predicted molar refractivity (Wildman–Crippen MR) is 61.8 cm³/mol. The highest BCUT2D eigenvalue weighted by atomic mass is 16.5. The van der Waals surface area contributed by atoms with Gasteiger partial charge in [-0.3, -0.25) is 4.79 Å². The van der Waals surface area contributed by atoms with Crippen molar-refractivity contribution in [3.8, 4) is 0 Å². The maximum Gasteiger partial charge on any atom is 0.136 e. The summed E-state index contributed by atoms with van der Waals surface area (Å²) in [4.78, 5) is 11.6. The molecular formula is C13H24O2. The average molecular weight is 212 g/mol. The number of carbonyl (C=O) groups excluding carboxylic acids is 1. The largest absolute Gasteiger partial charge is 0.381 e. The number of Topliss-reactive ketones (excluding diaryl/α,β-unsaturated/α-hetero) is 1. The summed E-state index contributed by atoms with van der Waals surface area (Å²) in [5.41, 5.74) is 0.218. The zero-order chi connectivity index (χ0) is 11.5. The lowest BCUT2D eigenvalue weighted by atomic mass is 9.95. The maximum absolute atomic E-state index is 11.6. The second-order valence-electron chi connectivity index (χ2n) is 5.71. The molecule has 1 aliphatic rings. The summed E-state index contributed by atoms with van der Waals surface area (Å²) in [7, 11) is 0. The van der Waals surface area contributed by atoms with Gasteiger partial charge in [-0.05, 0) is 18.8 Å². The molecule has 0 N–H and O–H groups in total. The molecule has 0 aromatic heterocycles. The van der Waals surface area contributed by atoms with Gasteiger partial charge in [0.1, 0.15) is 5.78 Å². The predicted octanol–water partition coefficient (Wildman–Crippen LogP) is 3.05. The van der Waals surface area contributed by atoms with Gasteiger partial charge in [0.25, 0.3) is 0 Å². The van der Waals surface area contributed by atoms with Crippen LogP contribution in [0.15, 0.2) is 0 Å². The van der Waals surface area contributed by atoms with Crippen molar-refractivity contribution in [3.05, 3.63) is 0 Å². The van der Waals surface area contributed by atoms with Crippen LogP contribution in [0.25, 0.3) is 0 Å². The summed E-state index contributed by atoms with van der Waals surface area (Å²) >= 11 is 0. The number of hydrogen-bond donors (Lipinski definition) is 0. The SMILES string of the molecule is CC(C)COCC1(CC(=O)C(C)C)CC1. The smallest absolute Gasteiger partial charge is 0.136 e. The molecule has 2 heteroatoms. The van der Waals surface area contributed by atoms with E-state index >= 15 is 0 Å². The van der Waals surface area contributed by atoms with E-state index < -0.39 is 0 Å². The van der Waals surface area contributed by atoms with Crippen LogP contribution in [0.2, 0.25) is 0 Å². The lowest BCUT2D eigenvalue weighted by Crippen LogP contribution is -2.20. The molecule has 0 bridgehead atoms. The fourth-order valence-corrected chi connectivity index (χ4v) is 1.63. The minimum atomic E-state index is 0.174. The van der Waals surface area contributed by atoms with Crippen LogP contribution in [0.5, 0.6) is 0 Å². The summed E-state index contributed by atoms with van der Waals surface area (Å²) in [5, 5.41) is 0. The van der Waals surface area contributed by atoms with Crippen LogP contribution in [-0.4, -0.2) is 19.0 Å². The Kier molecular flexibility index (Phi) is 4.32. The Bertz CT molecular complexity index is 215. The van der Waals surface area contributed by atoms with Crippen LogP contribution < -0.4 is 0 Å². The normalized spacial score (nSPS) is 18.5. The van der Waals surface area contributed by atoms with Gasteiger partial charge in [0.2, 0.25) is 0 Å². The van der Waals surface area contributed by atoms with Crippen LogP contribution in [0.3, 0.4) is 0 Å². The highest BCUT2D eigenvalue weighted by Gasteiger charge is 2.44. The number of ketones is 1. The summed E-state index contributed by atoms with van der Waals surface area (Å²) in [5.74, 6) is 1.15. The molecule has 0 atom stereocenters. The van der Waals surface area contributed by atoms with Crippen molar-refractivity contribution in [2.24, 2.45) is 17.3 Å². The van der Waals surface area contributed by atoms with Crippen molar-refractivity contribution in [3.63, 3.8) is 0 Å². The zero-order valence-electron chi connectivity index (χ0n) is 10.5. The molecule has 0 aromatic carbocycles. The molecule has 0 heterocycles. The van der Waals surface area contributed by atoms with E-state index in [0.717, 1.165) is 19.6 Å². The van der Waals surface area contributed by atoms with Gasteiger partial charge in [-0.1, -0.05) is 27.7 Å². The topological polar surface area (TPSA) is 26.3 Å². The summed E-state index contributed by atoms with van der Waals surface area (Å²) in [6, 6.07) is 0. The second kappa shape index (κ2) is 5.11. The lowest BCUT2D eigenvalue weighted by molar-refractivity contribution is -0.123. The van der Waals surface area contributed by atoms with Crippen molar-refractivity contribution in [1.82, 2.24) is 0 Å². The van der Waals surface area contributed by atoms with Crippen LogP contribution in [0, 0.1) is 17.3 Å². The van der Waals surface area contributed by atoms with Crippen LogP contribution in [0.4, 0.5) is 0 Å². The van der Waals surface area contributed by atoms with Crippen LogP contribution >= 0.6 is 0 Å². The first-order chi connectivity index (χ1) is 6.95. The number of ether oxygens (including phenoxy) is 1. The molecule has 88 valence electrons. The van der Waals surface area contributed by atoms with Crippen molar-refractivity contribution in [2.75, 3.05) is 13.2 Å². The van der Waals surface area contributed by atoms with Crippen molar-refractivity contribution < 1.29 is 9.53 Å². The Morgan fingerprint density at radius 1 is 1.27 bits per heavy atom. The molecule has 0 aromatic rings. The van der Waals surface area contributed by atoms with E-state index in [1.807, 2.05) is 13.8 Å². The maximum atomic E-state index is 11.6. The van der Waals surface area contributed by atoms with Crippen LogP contribution in [0.1, 0.15) is 47.0 Å². The lowest BCUT2D eigenvalue weighted by Gasteiger charge is -2.16. The first-order valence-electron chi connectivity index (χ1n) is 6.06. The van der Waals surface area contributed by atoms with E-state index in [2.05, 4.69) is 13.8 Å². The first kappa shape index (κ1) is 12.7. The third-order valence-electron chi connectivity index (χ3n) is 3.01. The summed E-state index contributed by atoms with van der Waals surface area (Å²) in [6.45, 7) is 9.86. The summed E-state index contributed by atoms with van der Waals surface area (Å²) in [6.07, 6.45) is 3.07. The van der Waals surface area contributed by atoms with Crippen molar-refractivity contribution in [2.45, 2.75) is 47.0 Å². The Hall–Kier alpha value is -0.370. The quantitative estimate of drug-likeness (QED) is 0.648. The van der Waals surface area contributed by atoms with Gasteiger partial charge >= 0.3 is 0 Å². The van der Waals surface area contributed by atoms with Gasteiger partial charge in [0.05, 0.1) is 6.61 Å². The first-order valence-corrected chi connectivity index (χ1v) is 6.06. The monoisotopic (exact) mass is 212 g/mol. The highest BCUT2D eigenvalue weighted by Crippen LogP contribution is 2.49. The van der Waals surface area contributed by atoms with E-state index in [-0.39, 0.29) is 11.3 Å². The minimum Gasteiger partial charge on any atom is -0.381 e. The third kappa shape index (κ3) is 4.33. The molecule has 0 radical (unpaired) electrons. The molecule has 0 spiro atoms. The molecular weight excluding hydrogens is 188 g/mol. The Balaban J connectivity index is 2.25. The molecule has 1 fully saturated rings. The average Bonchev–Trinajstić information content (AvgIpc) is 2.84. The van der Waals surface area contributed by atoms with Crippen molar-refractivity contribution in [1.29, 1.82) is 0 Å². The van der Waals surface area contributed by atoms with Gasteiger partial charge in [-0.25, -0.2) is 0 Å². The van der Waals surface area contributed by atoms with E-state index in [4.69, 9.17) is 4.74 Å². The Morgan fingerprint density at radius 2 is 1.87 bits per heavy atom. The molecule has 0 amide bonds. The minimum absolute atomic E-state index is 0.174. The molecule has 0 saturated heterocycles. The molecule has 1 saturated carbocycles. The second-order valence-corrected chi connectivity index (χ2v) is 5.71. The van der Waals surface area contributed by atoms with E-state index in [1.165, 1.54) is 12.8 Å². The number of carbonyl (C=O) groups is 1. The fraction of sp³-hybridized carbons (Fsp3) is 0.923. The number of rotatable bonds is 7. The van der Waals surface area contributed by atoms with Gasteiger partial charge in [0.15, 0.2) is 0 Å². The highest BCUT2D eigenvalue weighted by molar-refractivity contribution is 5.81. The van der Waals surface area contributed by atoms with E-state index in [9.17, 15) is 4.79 Å². The van der Waals surface area contributed by atoms with Crippen LogP contribution in [-0.2, 0) is 9.53 Å². The van der Waals surface area contributed by atoms with E-state index in [1.54, 1.807) is 0 Å². The van der Waals surface area contributed by atoms with Gasteiger partial charge in [-0.15, -0.1) is 0 Å².